The maximum absolute atomic E-state index is 9.44. The van der Waals surface area contributed by atoms with Crippen molar-refractivity contribution in [2.45, 2.75) is 0 Å². The molecule has 0 unspecified atom stereocenters. The molecule has 0 fully saturated rings. The molecule has 9 aromatic carbocycles. The van der Waals surface area contributed by atoms with Crippen LogP contribution in [0.15, 0.2) is 212 Å². The number of rotatable bonds is 7. The van der Waals surface area contributed by atoms with Crippen LogP contribution in [0.5, 0.6) is 0 Å². The van der Waals surface area contributed by atoms with E-state index in [4.69, 9.17) is 6.85 Å². The molecule has 0 heterocycles. The molecule has 0 saturated heterocycles. The molecule has 0 N–H and O–H groups in total. The monoisotopic (exact) mass is 658 g/mol. The highest BCUT2D eigenvalue weighted by Gasteiger charge is 2.16. The molecule has 0 bridgehead atoms. The van der Waals surface area contributed by atoms with Crippen LogP contribution >= 0.6 is 0 Å². The van der Waals surface area contributed by atoms with Crippen LogP contribution in [0, 0.1) is 0 Å². The molecule has 9 aromatic rings. The fraction of sp³-hybridized carbons (Fsp3) is 0. The largest absolute Gasteiger partial charge is 0.310 e. The van der Waals surface area contributed by atoms with Crippen LogP contribution in [0.3, 0.4) is 0 Å². The van der Waals surface area contributed by atoms with Crippen molar-refractivity contribution in [3.05, 3.63) is 212 Å². The molecule has 9 rings (SSSR count). The van der Waals surface area contributed by atoms with E-state index in [9.17, 15) is 5.48 Å². The Labute approximate surface area is 312 Å². The summed E-state index contributed by atoms with van der Waals surface area (Å²) in [7, 11) is 0. The quantitative estimate of drug-likeness (QED) is 0.165. The number of hydrogen-bond acceptors (Lipinski definition) is 1. The zero-order chi connectivity index (χ0) is 41.8. The van der Waals surface area contributed by atoms with Gasteiger partial charge in [-0.15, -0.1) is 0 Å². The maximum Gasteiger partial charge on any atom is 0.0645 e. The van der Waals surface area contributed by atoms with E-state index in [1.807, 2.05) is 97.1 Å². The van der Waals surface area contributed by atoms with Gasteiger partial charge in [-0.1, -0.05) is 170 Å². The van der Waals surface area contributed by atoms with Gasteiger partial charge in [0, 0.05) is 17.1 Å². The average molecular weight is 659 g/mol. The van der Waals surface area contributed by atoms with Crippen LogP contribution in [0.25, 0.3) is 66.1 Å². The molecule has 0 amide bonds. The van der Waals surface area contributed by atoms with Crippen molar-refractivity contribution in [1.29, 1.82) is 0 Å². The van der Waals surface area contributed by atoms with Gasteiger partial charge in [-0.3, -0.25) is 0 Å². The van der Waals surface area contributed by atoms with Gasteiger partial charge in [-0.25, -0.2) is 0 Å². The van der Waals surface area contributed by atoms with Crippen LogP contribution in [0.4, 0.5) is 17.1 Å². The van der Waals surface area contributed by atoms with E-state index < -0.39 is 54.4 Å². The van der Waals surface area contributed by atoms with E-state index in [0.29, 0.717) is 11.4 Å². The molecule has 0 aliphatic rings. The van der Waals surface area contributed by atoms with E-state index >= 15 is 0 Å². The molecule has 51 heavy (non-hydrogen) atoms. The molecule has 0 aliphatic heterocycles. The molecule has 0 saturated carbocycles. The van der Waals surface area contributed by atoms with Gasteiger partial charge in [0.05, 0.1) is 12.3 Å². The molecule has 1 heteroatoms. The minimum atomic E-state index is -0.624. The van der Waals surface area contributed by atoms with E-state index in [0.717, 1.165) is 54.9 Å². The zero-order valence-electron chi connectivity index (χ0n) is 36.5. The Morgan fingerprint density at radius 2 is 0.961 bits per heavy atom. The van der Waals surface area contributed by atoms with Gasteiger partial charge in [-0.05, 0) is 108 Å². The third-order valence-electron chi connectivity index (χ3n) is 9.20. The van der Waals surface area contributed by atoms with Crippen molar-refractivity contribution in [2.75, 3.05) is 4.90 Å². The molecular formula is C50H35N. The van der Waals surface area contributed by atoms with E-state index in [1.165, 1.54) is 0 Å². The van der Waals surface area contributed by atoms with Gasteiger partial charge in [0.1, 0.15) is 0 Å². The number of hydrogen-bond donors (Lipinski definition) is 0. The highest BCUT2D eigenvalue weighted by molar-refractivity contribution is 6.04. The van der Waals surface area contributed by atoms with E-state index in [2.05, 4.69) is 60.7 Å². The van der Waals surface area contributed by atoms with Crippen molar-refractivity contribution in [2.24, 2.45) is 0 Å². The smallest absolute Gasteiger partial charge is 0.0645 e. The molecule has 0 spiro atoms. The summed E-state index contributed by atoms with van der Waals surface area (Å²) in [4.78, 5) is 1.69. The first-order valence-electron chi connectivity index (χ1n) is 21.3. The average Bonchev–Trinajstić information content (AvgIpc) is 3.29. The van der Waals surface area contributed by atoms with Crippen molar-refractivity contribution in [3.8, 4) is 44.5 Å². The number of fused-ring (bicyclic) bond motifs is 2. The van der Waals surface area contributed by atoms with Crippen molar-refractivity contribution >= 4 is 38.6 Å². The first-order valence-corrected chi connectivity index (χ1v) is 16.8. The van der Waals surface area contributed by atoms with Crippen molar-refractivity contribution in [1.82, 2.24) is 0 Å². The fourth-order valence-electron chi connectivity index (χ4n) is 6.74. The molecule has 1 nitrogen and oxygen atoms in total. The number of nitrogens with zero attached hydrogens (tertiary/aromatic N) is 1. The van der Waals surface area contributed by atoms with Crippen LogP contribution in [-0.2, 0) is 0 Å². The molecular weight excluding hydrogens is 615 g/mol. The Morgan fingerprint density at radius 1 is 0.333 bits per heavy atom. The van der Waals surface area contributed by atoms with Crippen LogP contribution in [0.2, 0.25) is 0 Å². The first-order chi connectivity index (χ1) is 29.0. The van der Waals surface area contributed by atoms with Gasteiger partial charge in [0.15, 0.2) is 0 Å². The first kappa shape index (κ1) is 22.1. The van der Waals surface area contributed by atoms with Gasteiger partial charge in [0.25, 0.3) is 0 Å². The lowest BCUT2D eigenvalue weighted by atomic mass is 9.90. The second-order valence-electron chi connectivity index (χ2n) is 12.3. The highest BCUT2D eigenvalue weighted by Crippen LogP contribution is 2.41. The lowest BCUT2D eigenvalue weighted by molar-refractivity contribution is 1.28. The summed E-state index contributed by atoms with van der Waals surface area (Å²) in [5.41, 5.74) is 6.26. The second kappa shape index (κ2) is 13.3. The molecule has 0 aromatic heterocycles. The van der Waals surface area contributed by atoms with E-state index in [-0.39, 0.29) is 16.8 Å². The van der Waals surface area contributed by atoms with Crippen molar-refractivity contribution < 1.29 is 12.3 Å². The fourth-order valence-corrected chi connectivity index (χ4v) is 6.74. The summed E-state index contributed by atoms with van der Waals surface area (Å²) in [6.45, 7) is 0. The van der Waals surface area contributed by atoms with E-state index in [1.54, 1.807) is 4.90 Å². The van der Waals surface area contributed by atoms with Crippen LogP contribution < -0.4 is 4.90 Å². The van der Waals surface area contributed by atoms with Gasteiger partial charge in [-0.2, -0.15) is 0 Å². The highest BCUT2D eigenvalue weighted by atomic mass is 15.1. The minimum absolute atomic E-state index is 0.0554. The maximum atomic E-state index is 9.44. The Balaban J connectivity index is 1.25. The molecule has 0 aliphatic carbocycles. The lowest BCUT2D eigenvalue weighted by Gasteiger charge is -2.26. The SMILES string of the molecule is [2H]c1c([2H])c([2H])c(-c2c([2H])c([2H])c(N(c3ccc(-c4ccc5ccccc5c4-c4ccccc4)cc3)c3cccc(-c4ccc5ccccc5c4)c3)c([2H])c2[2H])c([2H])c1[2H]. The van der Waals surface area contributed by atoms with Gasteiger partial charge in [0.2, 0.25) is 0 Å². The lowest BCUT2D eigenvalue weighted by Crippen LogP contribution is -2.10. The Morgan fingerprint density at radius 3 is 1.76 bits per heavy atom. The van der Waals surface area contributed by atoms with Crippen molar-refractivity contribution in [3.63, 3.8) is 0 Å². The standard InChI is InChI=1S/C50H35N/c1-3-12-36(13-4-1)38-24-29-45(30-25-38)51(47-20-11-19-43(35-47)44-23-22-37-14-7-8-18-42(37)34-44)46-31-26-40(27-32-46)49-33-28-39-15-9-10-21-48(39)50(49)41-16-5-2-6-17-41/h1-35H/i1D,3D,4D,12D,13D,24D,25D,29D,30D. The normalized spacial score (nSPS) is 13.6. The summed E-state index contributed by atoms with van der Waals surface area (Å²) >= 11 is 0. The Hall–Kier alpha value is -6.70. The summed E-state index contributed by atoms with van der Waals surface area (Å²) in [5, 5.41) is 4.40. The Bertz CT molecular complexity index is 3090. The van der Waals surface area contributed by atoms with Crippen LogP contribution in [-0.4, -0.2) is 0 Å². The Kier molecular flexibility index (Phi) is 5.77. The van der Waals surface area contributed by atoms with Crippen LogP contribution in [0.1, 0.15) is 12.3 Å². The topological polar surface area (TPSA) is 3.24 Å². The number of benzene rings is 9. The predicted octanol–water partition coefficient (Wildman–Crippen LogP) is 14.1. The summed E-state index contributed by atoms with van der Waals surface area (Å²) in [6.07, 6.45) is 0. The minimum Gasteiger partial charge on any atom is -0.310 e. The summed E-state index contributed by atoms with van der Waals surface area (Å²) in [5.74, 6) is 0. The number of anilines is 3. The predicted molar refractivity (Wildman–Crippen MR) is 218 cm³/mol. The van der Waals surface area contributed by atoms with Gasteiger partial charge >= 0.3 is 0 Å². The molecule has 240 valence electrons. The summed E-state index contributed by atoms with van der Waals surface area (Å²) < 4.78 is 79.1. The molecule has 0 radical (unpaired) electrons. The third-order valence-corrected chi connectivity index (χ3v) is 9.20. The third kappa shape index (κ3) is 5.96. The molecule has 0 atom stereocenters. The second-order valence-corrected chi connectivity index (χ2v) is 12.3. The zero-order valence-corrected chi connectivity index (χ0v) is 27.5. The summed E-state index contributed by atoms with van der Waals surface area (Å²) in [6, 6.07) is 47.5. The van der Waals surface area contributed by atoms with Gasteiger partial charge < -0.3 is 4.90 Å².